The maximum Gasteiger partial charge on any atom is 0.264 e. The van der Waals surface area contributed by atoms with E-state index in [-0.39, 0.29) is 17.3 Å². The fourth-order valence-electron chi connectivity index (χ4n) is 4.30. The molecule has 0 fully saturated rings. The number of sulfonamides is 1. The molecule has 3 rings (SSSR count). The molecule has 2 amide bonds. The number of methoxy groups -OCH3 is 1. The third kappa shape index (κ3) is 7.55. The van der Waals surface area contributed by atoms with Crippen LogP contribution < -0.4 is 14.4 Å². The van der Waals surface area contributed by atoms with E-state index in [1.165, 1.54) is 29.2 Å². The predicted molar refractivity (Wildman–Crippen MR) is 158 cm³/mol. The van der Waals surface area contributed by atoms with Gasteiger partial charge < -0.3 is 15.0 Å². The highest BCUT2D eigenvalue weighted by Crippen LogP contribution is 2.28. The number of para-hydroxylation sites is 1. The maximum absolute atomic E-state index is 14.1. The van der Waals surface area contributed by atoms with Gasteiger partial charge in [-0.25, -0.2) is 8.42 Å². The Hall–Kier alpha value is -3.56. The number of rotatable bonds is 13. The Morgan fingerprint density at radius 1 is 0.975 bits per heavy atom. The van der Waals surface area contributed by atoms with Crippen LogP contribution in [0.4, 0.5) is 5.69 Å². The molecule has 0 radical (unpaired) electrons. The first kappa shape index (κ1) is 31.0. The first-order chi connectivity index (χ1) is 19.1. The van der Waals surface area contributed by atoms with Gasteiger partial charge in [-0.15, -0.1) is 0 Å². The smallest absolute Gasteiger partial charge is 0.264 e. The molecule has 0 aliphatic carbocycles. The number of carbonyl (C=O) groups is 2. The SMILES string of the molecule is CCCNC(=O)C(CC)N(Cc1ccc(OC)cc1)C(=O)CN(c1ccccc1C)S(=O)(=O)c1ccc(Cl)cc1. The summed E-state index contributed by atoms with van der Waals surface area (Å²) in [5, 5.41) is 3.28. The molecule has 3 aromatic carbocycles. The van der Waals surface area contributed by atoms with Crippen molar-refractivity contribution in [1.29, 1.82) is 0 Å². The molecule has 0 aliphatic heterocycles. The number of amides is 2. The average molecular weight is 586 g/mol. The molecule has 10 heteroatoms. The summed E-state index contributed by atoms with van der Waals surface area (Å²) >= 11 is 6.01. The van der Waals surface area contributed by atoms with Gasteiger partial charge in [0.15, 0.2) is 0 Å². The van der Waals surface area contributed by atoms with Gasteiger partial charge in [-0.1, -0.05) is 55.8 Å². The van der Waals surface area contributed by atoms with Gasteiger partial charge >= 0.3 is 0 Å². The Morgan fingerprint density at radius 2 is 1.62 bits per heavy atom. The van der Waals surface area contributed by atoms with E-state index in [9.17, 15) is 18.0 Å². The molecule has 1 unspecified atom stereocenters. The lowest BCUT2D eigenvalue weighted by atomic mass is 10.1. The molecule has 8 nitrogen and oxygen atoms in total. The van der Waals surface area contributed by atoms with Gasteiger partial charge in [0.05, 0.1) is 17.7 Å². The van der Waals surface area contributed by atoms with Crippen LogP contribution in [-0.2, 0) is 26.2 Å². The molecule has 1 atom stereocenters. The van der Waals surface area contributed by atoms with Crippen molar-refractivity contribution in [3.05, 3.63) is 88.9 Å². The second-order valence-electron chi connectivity index (χ2n) is 9.34. The van der Waals surface area contributed by atoms with E-state index < -0.39 is 28.5 Å². The highest BCUT2D eigenvalue weighted by atomic mass is 35.5. The van der Waals surface area contributed by atoms with E-state index in [2.05, 4.69) is 5.32 Å². The van der Waals surface area contributed by atoms with Gasteiger partial charge in [0.1, 0.15) is 18.3 Å². The number of anilines is 1. The molecule has 0 aromatic heterocycles. The van der Waals surface area contributed by atoms with Crippen LogP contribution in [0.1, 0.15) is 37.8 Å². The number of carbonyl (C=O) groups excluding carboxylic acids is 2. The van der Waals surface area contributed by atoms with Crippen LogP contribution in [0.5, 0.6) is 5.75 Å². The zero-order valence-corrected chi connectivity index (χ0v) is 24.8. The number of halogens is 1. The van der Waals surface area contributed by atoms with Gasteiger partial charge in [0, 0.05) is 18.1 Å². The van der Waals surface area contributed by atoms with Crippen molar-refractivity contribution in [2.24, 2.45) is 0 Å². The monoisotopic (exact) mass is 585 g/mol. The first-order valence-electron chi connectivity index (χ1n) is 13.2. The van der Waals surface area contributed by atoms with Crippen molar-refractivity contribution in [1.82, 2.24) is 10.2 Å². The van der Waals surface area contributed by atoms with E-state index in [4.69, 9.17) is 16.3 Å². The van der Waals surface area contributed by atoms with Crippen LogP contribution in [-0.4, -0.2) is 51.4 Å². The largest absolute Gasteiger partial charge is 0.497 e. The second-order valence-corrected chi connectivity index (χ2v) is 11.6. The minimum atomic E-state index is -4.16. The summed E-state index contributed by atoms with van der Waals surface area (Å²) in [6.45, 7) is 5.65. The molecule has 3 aromatic rings. The fourth-order valence-corrected chi connectivity index (χ4v) is 5.91. The van der Waals surface area contributed by atoms with Crippen LogP contribution in [0.2, 0.25) is 5.02 Å². The van der Waals surface area contributed by atoms with E-state index in [0.29, 0.717) is 35.0 Å². The van der Waals surface area contributed by atoms with Gasteiger partial charge in [0.2, 0.25) is 11.8 Å². The lowest BCUT2D eigenvalue weighted by Gasteiger charge is -2.33. The summed E-state index contributed by atoms with van der Waals surface area (Å²) in [5.74, 6) is -0.126. The lowest BCUT2D eigenvalue weighted by Crippen LogP contribution is -2.52. The average Bonchev–Trinajstić information content (AvgIpc) is 2.95. The molecule has 214 valence electrons. The highest BCUT2D eigenvalue weighted by molar-refractivity contribution is 7.92. The Balaban J connectivity index is 2.05. The highest BCUT2D eigenvalue weighted by Gasteiger charge is 2.34. The molecule has 40 heavy (non-hydrogen) atoms. The van der Waals surface area contributed by atoms with Crippen molar-refractivity contribution in [3.8, 4) is 5.75 Å². The van der Waals surface area contributed by atoms with Crippen molar-refractivity contribution >= 4 is 39.1 Å². The van der Waals surface area contributed by atoms with Crippen molar-refractivity contribution < 1.29 is 22.7 Å². The van der Waals surface area contributed by atoms with Crippen LogP contribution in [0.25, 0.3) is 0 Å². The second kappa shape index (κ2) is 14.2. The van der Waals surface area contributed by atoms with Crippen molar-refractivity contribution in [2.75, 3.05) is 24.5 Å². The third-order valence-corrected chi connectivity index (χ3v) is 8.54. The molecule has 0 saturated carbocycles. The summed E-state index contributed by atoms with van der Waals surface area (Å²) in [6.07, 6.45) is 1.10. The topological polar surface area (TPSA) is 96.0 Å². The minimum Gasteiger partial charge on any atom is -0.497 e. The number of hydrogen-bond donors (Lipinski definition) is 1. The quantitative estimate of drug-likeness (QED) is 0.298. The summed E-state index contributed by atoms with van der Waals surface area (Å²) in [5.41, 5.74) is 1.83. The third-order valence-electron chi connectivity index (χ3n) is 6.51. The van der Waals surface area contributed by atoms with Crippen LogP contribution in [0, 0.1) is 6.92 Å². The molecule has 0 saturated heterocycles. The number of nitrogens with one attached hydrogen (secondary N) is 1. The zero-order chi connectivity index (χ0) is 29.3. The van der Waals surface area contributed by atoms with Crippen LogP contribution in [0.3, 0.4) is 0 Å². The first-order valence-corrected chi connectivity index (χ1v) is 15.0. The van der Waals surface area contributed by atoms with E-state index >= 15 is 0 Å². The molecular formula is C30H36ClN3O5S. The molecule has 1 N–H and O–H groups in total. The Kier molecular flexibility index (Phi) is 11.0. The summed E-state index contributed by atoms with van der Waals surface area (Å²) in [4.78, 5) is 28.7. The number of aryl methyl sites for hydroxylation is 1. The molecular weight excluding hydrogens is 550 g/mol. The number of ether oxygens (including phenoxy) is 1. The van der Waals surface area contributed by atoms with E-state index in [1.54, 1.807) is 50.4 Å². The summed E-state index contributed by atoms with van der Waals surface area (Å²) < 4.78 is 34.2. The maximum atomic E-state index is 14.1. The van der Waals surface area contributed by atoms with Gasteiger partial charge in [-0.05, 0) is 73.4 Å². The lowest BCUT2D eigenvalue weighted by molar-refractivity contribution is -0.140. The Bertz CT molecular complexity index is 1400. The molecule has 0 heterocycles. The minimum absolute atomic E-state index is 0.00221. The molecule has 0 aliphatic rings. The normalized spacial score (nSPS) is 11.9. The number of benzene rings is 3. The van der Waals surface area contributed by atoms with Gasteiger partial charge in [-0.3, -0.25) is 13.9 Å². The summed E-state index contributed by atoms with van der Waals surface area (Å²) in [7, 11) is -2.59. The number of hydrogen-bond acceptors (Lipinski definition) is 5. The Morgan fingerprint density at radius 3 is 2.20 bits per heavy atom. The van der Waals surface area contributed by atoms with Crippen LogP contribution in [0.15, 0.2) is 77.7 Å². The van der Waals surface area contributed by atoms with Gasteiger partial charge in [0.25, 0.3) is 10.0 Å². The van der Waals surface area contributed by atoms with Crippen LogP contribution >= 0.6 is 11.6 Å². The van der Waals surface area contributed by atoms with E-state index in [1.807, 2.05) is 26.0 Å². The fraction of sp³-hybridized carbons (Fsp3) is 0.333. The molecule has 0 bridgehead atoms. The predicted octanol–water partition coefficient (Wildman–Crippen LogP) is 5.19. The zero-order valence-electron chi connectivity index (χ0n) is 23.3. The summed E-state index contributed by atoms with van der Waals surface area (Å²) in [6, 6.07) is 19.2. The Labute approximate surface area is 241 Å². The number of nitrogens with zero attached hydrogens (tertiary/aromatic N) is 2. The standard InChI is InChI=1S/C30H36ClN3O5S/c1-5-19-32-30(36)27(6-2)33(20-23-11-15-25(39-4)16-12-23)29(35)21-34(28-10-8-7-9-22(28)3)40(37,38)26-17-13-24(31)14-18-26/h7-18,27H,5-6,19-21H2,1-4H3,(H,32,36). The van der Waals surface area contributed by atoms with E-state index in [0.717, 1.165) is 16.3 Å². The van der Waals surface area contributed by atoms with Crippen molar-refractivity contribution in [2.45, 2.75) is 51.1 Å². The van der Waals surface area contributed by atoms with Crippen molar-refractivity contribution in [3.63, 3.8) is 0 Å². The van der Waals surface area contributed by atoms with Gasteiger partial charge in [-0.2, -0.15) is 0 Å². The molecule has 0 spiro atoms.